The number of benzene rings is 1. The number of aryl methyl sites for hydroxylation is 1. The van der Waals surface area contributed by atoms with E-state index in [9.17, 15) is 9.18 Å². The Kier molecular flexibility index (Phi) is 3.46. The molecule has 2 rings (SSSR count). The van der Waals surface area contributed by atoms with Gasteiger partial charge in [-0.2, -0.15) is 0 Å². The van der Waals surface area contributed by atoms with Crippen LogP contribution >= 0.6 is 0 Å². The normalized spacial score (nSPS) is 17.1. The quantitative estimate of drug-likeness (QED) is 0.846. The second kappa shape index (κ2) is 4.86. The van der Waals surface area contributed by atoms with Gasteiger partial charge in [0.25, 0.3) is 0 Å². The Bertz CT molecular complexity index is 434. The number of hydrogen-bond donors (Lipinski definition) is 1. The molecule has 2 nitrogen and oxygen atoms in total. The lowest BCUT2D eigenvalue weighted by Gasteiger charge is -2.23. The number of carboxylic acid groups (broad SMARTS) is 1. The van der Waals surface area contributed by atoms with Crippen LogP contribution in [-0.2, 0) is 0 Å². The van der Waals surface area contributed by atoms with Gasteiger partial charge in [0.15, 0.2) is 0 Å². The molecule has 1 N–H and O–H groups in total. The second-order valence-corrected chi connectivity index (χ2v) is 4.83. The Morgan fingerprint density at radius 3 is 2.53 bits per heavy atom. The first kappa shape index (κ1) is 12.1. The molecule has 0 unspecified atom stereocenters. The molecular weight excluding hydrogens is 219 g/mol. The third-order valence-corrected chi connectivity index (χ3v) is 3.63. The molecule has 0 radical (unpaired) electrons. The van der Waals surface area contributed by atoms with Gasteiger partial charge in [-0.1, -0.05) is 19.3 Å². The molecular formula is C14H17FO2. The predicted octanol–water partition coefficient (Wildman–Crippen LogP) is 3.88. The SMILES string of the molecule is Cc1cc(C(=O)O)c(F)cc1C1CCCCC1. The van der Waals surface area contributed by atoms with Crippen molar-refractivity contribution in [1.29, 1.82) is 0 Å². The van der Waals surface area contributed by atoms with E-state index < -0.39 is 11.8 Å². The Labute approximate surface area is 100 Å². The molecule has 3 heteroatoms. The fourth-order valence-corrected chi connectivity index (χ4v) is 2.71. The van der Waals surface area contributed by atoms with Gasteiger partial charge in [0.2, 0.25) is 0 Å². The molecule has 0 spiro atoms. The molecule has 0 bridgehead atoms. The van der Waals surface area contributed by atoms with Crippen molar-refractivity contribution in [3.63, 3.8) is 0 Å². The summed E-state index contributed by atoms with van der Waals surface area (Å²) in [4.78, 5) is 10.8. The van der Waals surface area contributed by atoms with Gasteiger partial charge < -0.3 is 5.11 Å². The molecule has 1 aromatic rings. The zero-order chi connectivity index (χ0) is 12.4. The number of rotatable bonds is 2. The maximum Gasteiger partial charge on any atom is 0.338 e. The van der Waals surface area contributed by atoms with Gasteiger partial charge in [0, 0.05) is 0 Å². The van der Waals surface area contributed by atoms with E-state index in [2.05, 4.69) is 0 Å². The van der Waals surface area contributed by atoms with E-state index >= 15 is 0 Å². The molecule has 0 amide bonds. The Balaban J connectivity index is 2.35. The molecule has 92 valence electrons. The van der Waals surface area contributed by atoms with E-state index in [1.165, 1.54) is 31.4 Å². The summed E-state index contributed by atoms with van der Waals surface area (Å²) in [6, 6.07) is 2.89. The van der Waals surface area contributed by atoms with Crippen molar-refractivity contribution in [3.8, 4) is 0 Å². The Morgan fingerprint density at radius 1 is 1.29 bits per heavy atom. The summed E-state index contributed by atoms with van der Waals surface area (Å²) in [7, 11) is 0. The van der Waals surface area contributed by atoms with Crippen LogP contribution in [-0.4, -0.2) is 11.1 Å². The van der Waals surface area contributed by atoms with Crippen molar-refractivity contribution < 1.29 is 14.3 Å². The lowest BCUT2D eigenvalue weighted by atomic mass is 9.82. The summed E-state index contributed by atoms with van der Waals surface area (Å²) >= 11 is 0. The fourth-order valence-electron chi connectivity index (χ4n) is 2.71. The van der Waals surface area contributed by atoms with Crippen LogP contribution in [0.2, 0.25) is 0 Å². The van der Waals surface area contributed by atoms with Crippen LogP contribution in [0.3, 0.4) is 0 Å². The molecule has 1 saturated carbocycles. The van der Waals surface area contributed by atoms with Crippen LogP contribution < -0.4 is 0 Å². The van der Waals surface area contributed by atoms with Crippen molar-refractivity contribution in [2.24, 2.45) is 0 Å². The van der Waals surface area contributed by atoms with Crippen LogP contribution in [0.5, 0.6) is 0 Å². The van der Waals surface area contributed by atoms with Crippen LogP contribution in [0.4, 0.5) is 4.39 Å². The van der Waals surface area contributed by atoms with Gasteiger partial charge in [-0.15, -0.1) is 0 Å². The van der Waals surface area contributed by atoms with Crippen molar-refractivity contribution in [1.82, 2.24) is 0 Å². The highest BCUT2D eigenvalue weighted by molar-refractivity contribution is 5.88. The van der Waals surface area contributed by atoms with E-state index in [-0.39, 0.29) is 5.56 Å². The van der Waals surface area contributed by atoms with Crippen molar-refractivity contribution in [2.75, 3.05) is 0 Å². The lowest BCUT2D eigenvalue weighted by Crippen LogP contribution is -2.09. The number of carbonyl (C=O) groups is 1. The minimum atomic E-state index is -1.19. The number of halogens is 1. The zero-order valence-electron chi connectivity index (χ0n) is 10.0. The van der Waals surface area contributed by atoms with E-state index in [0.717, 1.165) is 24.0 Å². The Hall–Kier alpha value is -1.38. The summed E-state index contributed by atoms with van der Waals surface area (Å²) in [6.07, 6.45) is 5.81. The summed E-state index contributed by atoms with van der Waals surface area (Å²) < 4.78 is 13.7. The molecule has 0 atom stereocenters. The van der Waals surface area contributed by atoms with Gasteiger partial charge in [-0.3, -0.25) is 0 Å². The van der Waals surface area contributed by atoms with E-state index in [1.54, 1.807) is 0 Å². The molecule has 0 aliphatic heterocycles. The maximum atomic E-state index is 13.7. The first-order valence-corrected chi connectivity index (χ1v) is 6.13. The van der Waals surface area contributed by atoms with E-state index in [0.29, 0.717) is 5.92 Å². The first-order chi connectivity index (χ1) is 8.09. The summed E-state index contributed by atoms with van der Waals surface area (Å²) in [5.74, 6) is -1.40. The summed E-state index contributed by atoms with van der Waals surface area (Å²) in [6.45, 7) is 1.87. The highest BCUT2D eigenvalue weighted by Crippen LogP contribution is 2.35. The van der Waals surface area contributed by atoms with Gasteiger partial charge in [0.1, 0.15) is 5.82 Å². The van der Waals surface area contributed by atoms with Crippen LogP contribution in [0, 0.1) is 12.7 Å². The van der Waals surface area contributed by atoms with Gasteiger partial charge in [-0.05, 0) is 48.9 Å². The Morgan fingerprint density at radius 2 is 1.94 bits per heavy atom. The highest BCUT2D eigenvalue weighted by Gasteiger charge is 2.20. The minimum absolute atomic E-state index is 0.220. The summed E-state index contributed by atoms with van der Waals surface area (Å²) in [5.41, 5.74) is 1.67. The molecule has 1 fully saturated rings. The van der Waals surface area contributed by atoms with Crippen molar-refractivity contribution in [2.45, 2.75) is 44.9 Å². The summed E-state index contributed by atoms with van der Waals surface area (Å²) in [5, 5.41) is 8.85. The molecule has 0 aromatic heterocycles. The third kappa shape index (κ3) is 2.48. The zero-order valence-corrected chi connectivity index (χ0v) is 10.0. The number of carboxylic acids is 1. The molecule has 1 aromatic carbocycles. The maximum absolute atomic E-state index is 13.7. The van der Waals surface area contributed by atoms with Crippen molar-refractivity contribution >= 4 is 5.97 Å². The van der Waals surface area contributed by atoms with Gasteiger partial charge in [0.05, 0.1) is 5.56 Å². The van der Waals surface area contributed by atoms with Crippen LogP contribution in [0.1, 0.15) is 59.5 Å². The fraction of sp³-hybridized carbons (Fsp3) is 0.500. The largest absolute Gasteiger partial charge is 0.478 e. The topological polar surface area (TPSA) is 37.3 Å². The molecule has 17 heavy (non-hydrogen) atoms. The van der Waals surface area contributed by atoms with E-state index in [1.807, 2.05) is 6.92 Å². The average molecular weight is 236 g/mol. The monoisotopic (exact) mass is 236 g/mol. The lowest BCUT2D eigenvalue weighted by molar-refractivity contribution is 0.0691. The average Bonchev–Trinajstić information content (AvgIpc) is 2.32. The van der Waals surface area contributed by atoms with Gasteiger partial charge in [-0.25, -0.2) is 9.18 Å². The second-order valence-electron chi connectivity index (χ2n) is 4.83. The predicted molar refractivity (Wildman–Crippen MR) is 63.9 cm³/mol. The standard InChI is InChI=1S/C14H17FO2/c1-9-7-12(14(16)17)13(15)8-11(9)10-5-3-2-4-6-10/h7-8,10H,2-6H2,1H3,(H,16,17). The van der Waals surface area contributed by atoms with Gasteiger partial charge >= 0.3 is 5.97 Å². The third-order valence-electron chi connectivity index (χ3n) is 3.63. The first-order valence-electron chi connectivity index (χ1n) is 6.13. The van der Waals surface area contributed by atoms with Crippen LogP contribution in [0.15, 0.2) is 12.1 Å². The van der Waals surface area contributed by atoms with E-state index in [4.69, 9.17) is 5.11 Å². The number of aromatic carboxylic acids is 1. The van der Waals surface area contributed by atoms with Crippen molar-refractivity contribution in [3.05, 3.63) is 34.6 Å². The highest BCUT2D eigenvalue weighted by atomic mass is 19.1. The van der Waals surface area contributed by atoms with Crippen LogP contribution in [0.25, 0.3) is 0 Å². The number of hydrogen-bond acceptors (Lipinski definition) is 1. The molecule has 1 aliphatic rings. The molecule has 0 saturated heterocycles. The molecule has 0 heterocycles. The smallest absolute Gasteiger partial charge is 0.338 e. The molecule has 1 aliphatic carbocycles. The minimum Gasteiger partial charge on any atom is -0.478 e.